The van der Waals surface area contributed by atoms with Gasteiger partial charge in [-0.15, -0.1) is 0 Å². The standard InChI is InChI=1S/C10H16Te/c1-8(2)7-4-5-9(3)10(8,6-7)11-9/h7H,4-6H2,1-3H3. The van der Waals surface area contributed by atoms with Gasteiger partial charge in [0, 0.05) is 0 Å². The number of hydrogen-bond donors (Lipinski definition) is 0. The van der Waals surface area contributed by atoms with Crippen molar-refractivity contribution in [3.8, 4) is 0 Å². The Morgan fingerprint density at radius 3 is 2.45 bits per heavy atom. The molecule has 4 rings (SSSR count). The summed E-state index contributed by atoms with van der Waals surface area (Å²) in [4.78, 5) is 0. The second-order valence-electron chi connectivity index (χ2n) is 5.32. The van der Waals surface area contributed by atoms with E-state index in [0.29, 0.717) is 20.9 Å². The molecule has 0 nitrogen and oxygen atoms in total. The van der Waals surface area contributed by atoms with Crippen LogP contribution >= 0.6 is 0 Å². The molecule has 0 N–H and O–H groups in total. The first-order valence-electron chi connectivity index (χ1n) is 4.72. The van der Waals surface area contributed by atoms with Crippen LogP contribution in [0.25, 0.3) is 0 Å². The summed E-state index contributed by atoms with van der Waals surface area (Å²) in [6, 6.07) is 0. The fourth-order valence-corrected chi connectivity index (χ4v) is 9.65. The molecule has 3 unspecified atom stereocenters. The molecule has 0 aromatic heterocycles. The molecular formula is C10H16Te. The molecule has 1 aliphatic heterocycles. The molecule has 62 valence electrons. The van der Waals surface area contributed by atoms with Gasteiger partial charge in [-0.1, -0.05) is 0 Å². The third kappa shape index (κ3) is 0.527. The maximum atomic E-state index is 2.58. The summed E-state index contributed by atoms with van der Waals surface area (Å²) in [6.07, 6.45) is 4.76. The summed E-state index contributed by atoms with van der Waals surface area (Å²) >= 11 is 0.404. The van der Waals surface area contributed by atoms with E-state index in [9.17, 15) is 0 Å². The van der Waals surface area contributed by atoms with Crippen LogP contribution in [-0.2, 0) is 0 Å². The van der Waals surface area contributed by atoms with E-state index in [1.807, 2.05) is 0 Å². The molecule has 0 radical (unpaired) electrons. The van der Waals surface area contributed by atoms with Crippen LogP contribution in [0.3, 0.4) is 0 Å². The van der Waals surface area contributed by atoms with Gasteiger partial charge < -0.3 is 0 Å². The fraction of sp³-hybridized carbons (Fsp3) is 1.00. The first-order valence-corrected chi connectivity index (χ1v) is 7.05. The van der Waals surface area contributed by atoms with Crippen LogP contribution in [-0.4, -0.2) is 20.9 Å². The molecule has 3 saturated carbocycles. The van der Waals surface area contributed by atoms with Crippen molar-refractivity contribution in [2.45, 2.75) is 47.0 Å². The third-order valence-corrected chi connectivity index (χ3v) is 11.3. The quantitative estimate of drug-likeness (QED) is 0.590. The molecule has 3 atom stereocenters. The Labute approximate surface area is 79.2 Å². The van der Waals surface area contributed by atoms with Gasteiger partial charge in [0.25, 0.3) is 0 Å². The van der Waals surface area contributed by atoms with E-state index in [1.54, 1.807) is 19.3 Å². The van der Waals surface area contributed by atoms with Crippen molar-refractivity contribution in [2.75, 3.05) is 0 Å². The van der Waals surface area contributed by atoms with Crippen LogP contribution in [0.15, 0.2) is 0 Å². The van der Waals surface area contributed by atoms with E-state index in [4.69, 9.17) is 0 Å². The van der Waals surface area contributed by atoms with Gasteiger partial charge in [-0.25, -0.2) is 0 Å². The van der Waals surface area contributed by atoms with Gasteiger partial charge in [0.2, 0.25) is 0 Å². The molecule has 1 saturated heterocycles. The van der Waals surface area contributed by atoms with Crippen molar-refractivity contribution in [2.24, 2.45) is 11.3 Å². The summed E-state index contributed by atoms with van der Waals surface area (Å²) in [6.45, 7) is 7.65. The molecule has 0 aromatic rings. The van der Waals surface area contributed by atoms with Gasteiger partial charge in [-0.05, 0) is 0 Å². The average Bonchev–Trinajstić information content (AvgIpc) is 2.57. The first-order chi connectivity index (χ1) is 5.02. The van der Waals surface area contributed by atoms with Crippen LogP contribution in [0, 0.1) is 11.3 Å². The van der Waals surface area contributed by atoms with E-state index in [0.717, 1.165) is 18.3 Å². The van der Waals surface area contributed by atoms with Crippen LogP contribution in [0.2, 0.25) is 6.93 Å². The SMILES string of the molecule is CC12CCC3CC1([Te]2)C3(C)C. The van der Waals surface area contributed by atoms with Gasteiger partial charge in [-0.2, -0.15) is 0 Å². The Balaban J connectivity index is 2.05. The van der Waals surface area contributed by atoms with Crippen molar-refractivity contribution in [1.82, 2.24) is 0 Å². The van der Waals surface area contributed by atoms with Crippen LogP contribution in [0.4, 0.5) is 0 Å². The van der Waals surface area contributed by atoms with Crippen molar-refractivity contribution >= 4 is 20.9 Å². The van der Waals surface area contributed by atoms with Gasteiger partial charge in [0.15, 0.2) is 0 Å². The molecule has 11 heavy (non-hydrogen) atoms. The van der Waals surface area contributed by atoms with E-state index in [-0.39, 0.29) is 0 Å². The van der Waals surface area contributed by atoms with Crippen LogP contribution in [0.5, 0.6) is 0 Å². The van der Waals surface area contributed by atoms with Crippen molar-refractivity contribution in [1.29, 1.82) is 0 Å². The molecule has 3 aliphatic carbocycles. The van der Waals surface area contributed by atoms with Gasteiger partial charge in [0.05, 0.1) is 0 Å². The molecule has 2 bridgehead atoms. The second-order valence-corrected chi connectivity index (χ2v) is 10.5. The van der Waals surface area contributed by atoms with Gasteiger partial charge in [0.1, 0.15) is 0 Å². The van der Waals surface area contributed by atoms with E-state index >= 15 is 0 Å². The molecule has 0 amide bonds. The Kier molecular flexibility index (Phi) is 1.02. The normalized spacial score (nSPS) is 63.0. The molecule has 4 aliphatic rings. The van der Waals surface area contributed by atoms with Gasteiger partial charge in [-0.3, -0.25) is 0 Å². The minimum absolute atomic E-state index is 0.404. The van der Waals surface area contributed by atoms with E-state index in [1.165, 1.54) is 0 Å². The Bertz CT molecular complexity index is 229. The topological polar surface area (TPSA) is 0 Å². The van der Waals surface area contributed by atoms with E-state index in [2.05, 4.69) is 20.8 Å². The molecule has 0 aromatic carbocycles. The predicted molar refractivity (Wildman–Crippen MR) is 47.9 cm³/mol. The van der Waals surface area contributed by atoms with Gasteiger partial charge >= 0.3 is 79.2 Å². The molecule has 4 fully saturated rings. The Morgan fingerprint density at radius 2 is 2.00 bits per heavy atom. The summed E-state index contributed by atoms with van der Waals surface area (Å²) in [5.41, 5.74) is 0.766. The van der Waals surface area contributed by atoms with Crippen molar-refractivity contribution in [3.63, 3.8) is 0 Å². The van der Waals surface area contributed by atoms with Crippen molar-refractivity contribution < 1.29 is 0 Å². The summed E-state index contributed by atoms with van der Waals surface area (Å²) in [5.74, 6) is 1.11. The second kappa shape index (κ2) is 1.55. The number of fused-ring (bicyclic) bond motifs is 1. The number of hydrogen-bond acceptors (Lipinski definition) is 0. The fourth-order valence-electron chi connectivity index (χ4n) is 3.66. The molecule has 1 heteroatoms. The Hall–Kier alpha value is 0.790. The third-order valence-electron chi connectivity index (χ3n) is 4.78. The summed E-state index contributed by atoms with van der Waals surface area (Å²) in [7, 11) is 0. The summed E-state index contributed by atoms with van der Waals surface area (Å²) in [5, 5.41) is 0. The minimum atomic E-state index is 0.404. The molecule has 1 heterocycles. The molecular weight excluding hydrogens is 248 g/mol. The predicted octanol–water partition coefficient (Wildman–Crippen LogP) is 2.88. The Morgan fingerprint density at radius 1 is 1.27 bits per heavy atom. The van der Waals surface area contributed by atoms with Crippen LogP contribution < -0.4 is 0 Å². The zero-order valence-electron chi connectivity index (χ0n) is 7.61. The van der Waals surface area contributed by atoms with E-state index < -0.39 is 0 Å². The van der Waals surface area contributed by atoms with Crippen LogP contribution in [0.1, 0.15) is 40.0 Å². The zero-order valence-corrected chi connectivity index (χ0v) is 9.94. The van der Waals surface area contributed by atoms with Crippen molar-refractivity contribution in [3.05, 3.63) is 0 Å². The summed E-state index contributed by atoms with van der Waals surface area (Å²) < 4.78 is 1.87. The zero-order chi connectivity index (χ0) is 7.91. The monoisotopic (exact) mass is 266 g/mol. The number of rotatable bonds is 0. The first kappa shape index (κ1) is 7.22. The molecule has 1 spiro atoms. The maximum absolute atomic E-state index is 2.58. The average molecular weight is 264 g/mol.